The minimum absolute atomic E-state index is 0.169. The first-order valence-electron chi connectivity index (χ1n) is 9.72. The second-order valence-corrected chi connectivity index (χ2v) is 8.39. The Balaban J connectivity index is 1.77. The molecule has 0 bridgehead atoms. The maximum absolute atomic E-state index is 12.7. The smallest absolute Gasteiger partial charge is 0.291 e. The molecule has 0 saturated heterocycles. The molecule has 0 spiro atoms. The molecule has 0 aliphatic heterocycles. The summed E-state index contributed by atoms with van der Waals surface area (Å²) in [6.45, 7) is 6.20. The Morgan fingerprint density at radius 3 is 2.57 bits per heavy atom. The standard InChI is InChI=1S/C24H23N3O2S/c1-15-11-12-25-20(14-15)26-22(18-8-5-4-6-9-18)21-16(2)17(3)30-24(21)27-23(28)19-10-7-13-29-19/h4-14,22H,1-3H3,(H,25,26)(H,27,28). The van der Waals surface area contributed by atoms with Crippen molar-refractivity contribution >= 4 is 28.1 Å². The number of amides is 1. The largest absolute Gasteiger partial charge is 0.459 e. The number of carbonyl (C=O) groups excluding carboxylic acids is 1. The van der Waals surface area contributed by atoms with Crippen molar-refractivity contribution in [2.24, 2.45) is 0 Å². The first-order valence-corrected chi connectivity index (χ1v) is 10.5. The number of furan rings is 1. The molecule has 0 saturated carbocycles. The number of hydrogen-bond donors (Lipinski definition) is 2. The predicted molar refractivity (Wildman–Crippen MR) is 121 cm³/mol. The molecule has 4 aromatic rings. The molecule has 6 heteroatoms. The highest BCUT2D eigenvalue weighted by atomic mass is 32.1. The average Bonchev–Trinajstić information content (AvgIpc) is 3.37. The topological polar surface area (TPSA) is 67.2 Å². The normalized spacial score (nSPS) is 11.8. The summed E-state index contributed by atoms with van der Waals surface area (Å²) in [7, 11) is 0. The minimum Gasteiger partial charge on any atom is -0.459 e. The van der Waals surface area contributed by atoms with E-state index in [0.717, 1.165) is 37.9 Å². The van der Waals surface area contributed by atoms with Crippen molar-refractivity contribution in [1.82, 2.24) is 4.98 Å². The van der Waals surface area contributed by atoms with E-state index >= 15 is 0 Å². The van der Waals surface area contributed by atoms with Crippen LogP contribution >= 0.6 is 11.3 Å². The SMILES string of the molecule is Cc1ccnc(NC(c2ccccc2)c2c(NC(=O)c3ccco3)sc(C)c2C)c1. The molecule has 152 valence electrons. The molecule has 1 aromatic carbocycles. The van der Waals surface area contributed by atoms with Gasteiger partial charge < -0.3 is 15.1 Å². The molecule has 1 unspecified atom stereocenters. The van der Waals surface area contributed by atoms with Crippen molar-refractivity contribution in [3.8, 4) is 0 Å². The van der Waals surface area contributed by atoms with Crippen LogP contribution in [0.15, 0.2) is 71.5 Å². The summed E-state index contributed by atoms with van der Waals surface area (Å²) in [5.41, 5.74) is 4.40. The highest BCUT2D eigenvalue weighted by molar-refractivity contribution is 7.16. The van der Waals surface area contributed by atoms with Gasteiger partial charge in [-0.15, -0.1) is 11.3 Å². The first-order chi connectivity index (χ1) is 14.5. The molecule has 30 heavy (non-hydrogen) atoms. The quantitative estimate of drug-likeness (QED) is 0.397. The number of aryl methyl sites for hydroxylation is 2. The zero-order chi connectivity index (χ0) is 21.1. The summed E-state index contributed by atoms with van der Waals surface area (Å²) in [5, 5.41) is 7.43. The summed E-state index contributed by atoms with van der Waals surface area (Å²) in [5.74, 6) is 0.813. The molecular weight excluding hydrogens is 394 g/mol. The van der Waals surface area contributed by atoms with Gasteiger partial charge >= 0.3 is 0 Å². The van der Waals surface area contributed by atoms with E-state index in [1.807, 2.05) is 37.3 Å². The van der Waals surface area contributed by atoms with E-state index in [1.54, 1.807) is 29.7 Å². The lowest BCUT2D eigenvalue weighted by Gasteiger charge is -2.22. The van der Waals surface area contributed by atoms with Gasteiger partial charge in [0.1, 0.15) is 10.8 Å². The second kappa shape index (κ2) is 8.55. The maximum atomic E-state index is 12.7. The third-order valence-corrected chi connectivity index (χ3v) is 6.17. The van der Waals surface area contributed by atoms with Gasteiger partial charge in [-0.25, -0.2) is 4.98 Å². The highest BCUT2D eigenvalue weighted by Crippen LogP contribution is 2.41. The van der Waals surface area contributed by atoms with Crippen LogP contribution in [0.5, 0.6) is 0 Å². The van der Waals surface area contributed by atoms with Crippen LogP contribution in [-0.2, 0) is 0 Å². The van der Waals surface area contributed by atoms with Crippen LogP contribution in [0, 0.1) is 20.8 Å². The number of benzene rings is 1. The third kappa shape index (κ3) is 4.14. The summed E-state index contributed by atoms with van der Waals surface area (Å²) in [4.78, 5) is 18.3. The van der Waals surface area contributed by atoms with Gasteiger partial charge in [-0.3, -0.25) is 4.79 Å². The highest BCUT2D eigenvalue weighted by Gasteiger charge is 2.25. The van der Waals surface area contributed by atoms with Gasteiger partial charge in [0.05, 0.1) is 12.3 Å². The van der Waals surface area contributed by atoms with Crippen LogP contribution in [0.1, 0.15) is 43.7 Å². The predicted octanol–water partition coefficient (Wildman–Crippen LogP) is 6.12. The van der Waals surface area contributed by atoms with Gasteiger partial charge in [0.2, 0.25) is 0 Å². The number of anilines is 2. The fourth-order valence-electron chi connectivity index (χ4n) is 3.39. The molecule has 4 rings (SSSR count). The molecule has 0 aliphatic rings. The van der Waals surface area contributed by atoms with Gasteiger partial charge in [0, 0.05) is 16.6 Å². The number of nitrogens with one attached hydrogen (secondary N) is 2. The fourth-order valence-corrected chi connectivity index (χ4v) is 4.48. The van der Waals surface area contributed by atoms with E-state index in [9.17, 15) is 4.79 Å². The van der Waals surface area contributed by atoms with E-state index in [-0.39, 0.29) is 17.7 Å². The lowest BCUT2D eigenvalue weighted by molar-refractivity contribution is 0.0997. The van der Waals surface area contributed by atoms with Crippen molar-refractivity contribution in [2.75, 3.05) is 10.6 Å². The number of rotatable bonds is 6. The van der Waals surface area contributed by atoms with E-state index in [2.05, 4.69) is 41.6 Å². The number of aromatic nitrogens is 1. The zero-order valence-corrected chi connectivity index (χ0v) is 17.9. The Kier molecular flexibility index (Phi) is 5.68. The van der Waals surface area contributed by atoms with E-state index in [1.165, 1.54) is 6.26 Å². The Labute approximate surface area is 179 Å². The Hall–Kier alpha value is -3.38. The van der Waals surface area contributed by atoms with Crippen molar-refractivity contribution in [2.45, 2.75) is 26.8 Å². The Morgan fingerprint density at radius 1 is 1.07 bits per heavy atom. The Bertz CT molecular complexity index is 1150. The van der Waals surface area contributed by atoms with Gasteiger partial charge in [-0.05, 0) is 61.7 Å². The molecule has 1 atom stereocenters. The minimum atomic E-state index is -0.261. The molecule has 2 N–H and O–H groups in total. The zero-order valence-electron chi connectivity index (χ0n) is 17.1. The number of carbonyl (C=O) groups is 1. The number of nitrogens with zero attached hydrogens (tertiary/aromatic N) is 1. The van der Waals surface area contributed by atoms with Crippen LogP contribution in [0.25, 0.3) is 0 Å². The van der Waals surface area contributed by atoms with Gasteiger partial charge in [0.15, 0.2) is 5.76 Å². The van der Waals surface area contributed by atoms with Crippen molar-refractivity contribution < 1.29 is 9.21 Å². The van der Waals surface area contributed by atoms with Gasteiger partial charge in [0.25, 0.3) is 5.91 Å². The summed E-state index contributed by atoms with van der Waals surface area (Å²) in [6.07, 6.45) is 3.30. The molecule has 3 aromatic heterocycles. The molecule has 1 amide bonds. The van der Waals surface area contributed by atoms with Crippen LogP contribution in [0.3, 0.4) is 0 Å². The maximum Gasteiger partial charge on any atom is 0.291 e. The number of thiophene rings is 1. The molecular formula is C24H23N3O2S. The molecule has 5 nitrogen and oxygen atoms in total. The lowest BCUT2D eigenvalue weighted by atomic mass is 9.96. The van der Waals surface area contributed by atoms with Gasteiger partial charge in [-0.1, -0.05) is 30.3 Å². The number of pyridine rings is 1. The van der Waals surface area contributed by atoms with Crippen molar-refractivity contribution in [3.05, 3.63) is 99.9 Å². The van der Waals surface area contributed by atoms with Gasteiger partial charge in [-0.2, -0.15) is 0 Å². The summed E-state index contributed by atoms with van der Waals surface area (Å²) < 4.78 is 5.27. The Morgan fingerprint density at radius 2 is 1.87 bits per heavy atom. The van der Waals surface area contributed by atoms with Crippen LogP contribution in [0.2, 0.25) is 0 Å². The second-order valence-electron chi connectivity index (χ2n) is 7.16. The molecule has 0 radical (unpaired) electrons. The fraction of sp³-hybridized carbons (Fsp3) is 0.167. The summed E-state index contributed by atoms with van der Waals surface area (Å²) >= 11 is 1.57. The average molecular weight is 418 g/mol. The van der Waals surface area contributed by atoms with Crippen molar-refractivity contribution in [3.63, 3.8) is 0 Å². The van der Waals surface area contributed by atoms with E-state index in [0.29, 0.717) is 0 Å². The molecule has 0 aliphatic carbocycles. The lowest BCUT2D eigenvalue weighted by Crippen LogP contribution is -2.17. The molecule has 3 heterocycles. The molecule has 0 fully saturated rings. The van der Waals surface area contributed by atoms with Crippen molar-refractivity contribution in [1.29, 1.82) is 0 Å². The monoisotopic (exact) mass is 417 g/mol. The van der Waals surface area contributed by atoms with Crippen LogP contribution in [-0.4, -0.2) is 10.9 Å². The number of hydrogen-bond acceptors (Lipinski definition) is 5. The first kappa shape index (κ1) is 19.9. The summed E-state index contributed by atoms with van der Waals surface area (Å²) in [6, 6.07) is 17.4. The van der Waals surface area contributed by atoms with E-state index in [4.69, 9.17) is 4.42 Å². The van der Waals surface area contributed by atoms with E-state index < -0.39 is 0 Å². The third-order valence-electron chi connectivity index (χ3n) is 5.03. The van der Waals surface area contributed by atoms with Crippen LogP contribution in [0.4, 0.5) is 10.8 Å². The van der Waals surface area contributed by atoms with Crippen LogP contribution < -0.4 is 10.6 Å².